The van der Waals surface area contributed by atoms with E-state index in [2.05, 4.69) is 47.5 Å². The molecule has 1 heterocycles. The second-order valence-corrected chi connectivity index (χ2v) is 7.23. The molecule has 3 rings (SSSR count). The van der Waals surface area contributed by atoms with E-state index in [1.54, 1.807) is 0 Å². The fourth-order valence-electron chi connectivity index (χ4n) is 3.98. The lowest BCUT2D eigenvalue weighted by Crippen LogP contribution is -2.43. The van der Waals surface area contributed by atoms with Crippen molar-refractivity contribution in [2.75, 3.05) is 19.6 Å². The fourth-order valence-corrected chi connectivity index (χ4v) is 3.98. The van der Waals surface area contributed by atoms with Crippen LogP contribution in [0.3, 0.4) is 0 Å². The summed E-state index contributed by atoms with van der Waals surface area (Å²) in [5.74, 6) is 1.91. The Balaban J connectivity index is 1.35. The van der Waals surface area contributed by atoms with Crippen LogP contribution >= 0.6 is 0 Å². The molecule has 2 unspecified atom stereocenters. The molecular formula is C19H30N2. The van der Waals surface area contributed by atoms with Crippen molar-refractivity contribution in [3.63, 3.8) is 0 Å². The smallest absolute Gasteiger partial charge is 0.0233 e. The molecule has 2 nitrogen and oxygen atoms in total. The first-order chi connectivity index (χ1) is 10.3. The first-order valence-electron chi connectivity index (χ1n) is 8.79. The van der Waals surface area contributed by atoms with E-state index in [1.165, 1.54) is 57.3 Å². The summed E-state index contributed by atoms with van der Waals surface area (Å²) in [6.45, 7) is 7.27. The van der Waals surface area contributed by atoms with Gasteiger partial charge in [-0.05, 0) is 62.7 Å². The molecule has 0 amide bonds. The Labute approximate surface area is 129 Å². The van der Waals surface area contributed by atoms with Gasteiger partial charge in [0.2, 0.25) is 0 Å². The van der Waals surface area contributed by atoms with Crippen molar-refractivity contribution in [2.45, 2.75) is 51.6 Å². The molecule has 1 aliphatic carbocycles. The van der Waals surface area contributed by atoms with E-state index >= 15 is 0 Å². The van der Waals surface area contributed by atoms with Crippen molar-refractivity contribution < 1.29 is 0 Å². The van der Waals surface area contributed by atoms with Crippen molar-refractivity contribution >= 4 is 0 Å². The highest BCUT2D eigenvalue weighted by molar-refractivity contribution is 5.14. The largest absolute Gasteiger partial charge is 0.314 e. The molecule has 2 aliphatic rings. The molecule has 2 heteroatoms. The molecule has 21 heavy (non-hydrogen) atoms. The second-order valence-electron chi connectivity index (χ2n) is 7.23. The van der Waals surface area contributed by atoms with Crippen molar-refractivity contribution in [1.29, 1.82) is 0 Å². The standard InChI is InChI=1S/C19H30N2/c1-16-7-8-18(13-16)14-20-19-9-11-21(12-10-19)15-17-5-3-2-4-6-17/h2-6,16,18-20H,7-15H2,1H3. The minimum absolute atomic E-state index is 0.757. The zero-order chi connectivity index (χ0) is 14.5. The van der Waals surface area contributed by atoms with Crippen LogP contribution in [-0.4, -0.2) is 30.6 Å². The van der Waals surface area contributed by atoms with E-state index in [0.29, 0.717) is 0 Å². The van der Waals surface area contributed by atoms with Crippen molar-refractivity contribution in [1.82, 2.24) is 10.2 Å². The van der Waals surface area contributed by atoms with E-state index in [9.17, 15) is 0 Å². The number of piperidine rings is 1. The average Bonchev–Trinajstić information content (AvgIpc) is 2.93. The van der Waals surface area contributed by atoms with Crippen LogP contribution in [0.25, 0.3) is 0 Å². The van der Waals surface area contributed by atoms with Gasteiger partial charge in [-0.2, -0.15) is 0 Å². The van der Waals surface area contributed by atoms with Gasteiger partial charge in [-0.1, -0.05) is 43.7 Å². The van der Waals surface area contributed by atoms with Crippen LogP contribution in [0.15, 0.2) is 30.3 Å². The van der Waals surface area contributed by atoms with Crippen LogP contribution in [0.5, 0.6) is 0 Å². The number of rotatable bonds is 5. The van der Waals surface area contributed by atoms with Gasteiger partial charge in [0.15, 0.2) is 0 Å². The van der Waals surface area contributed by atoms with Crippen LogP contribution in [-0.2, 0) is 6.54 Å². The Bertz CT molecular complexity index is 409. The molecule has 0 spiro atoms. The van der Waals surface area contributed by atoms with Crippen LogP contribution in [0, 0.1) is 11.8 Å². The van der Waals surface area contributed by atoms with E-state index in [1.807, 2.05) is 0 Å². The number of likely N-dealkylation sites (tertiary alicyclic amines) is 1. The van der Waals surface area contributed by atoms with Crippen LogP contribution in [0.1, 0.15) is 44.6 Å². The quantitative estimate of drug-likeness (QED) is 0.888. The molecule has 116 valence electrons. The third kappa shape index (κ3) is 4.55. The molecule has 1 N–H and O–H groups in total. The molecule has 0 radical (unpaired) electrons. The van der Waals surface area contributed by atoms with Gasteiger partial charge in [-0.15, -0.1) is 0 Å². The Hall–Kier alpha value is -0.860. The third-order valence-corrected chi connectivity index (χ3v) is 5.34. The molecule has 1 aliphatic heterocycles. The molecule has 0 aromatic heterocycles. The van der Waals surface area contributed by atoms with Crippen LogP contribution in [0.4, 0.5) is 0 Å². The highest BCUT2D eigenvalue weighted by atomic mass is 15.1. The average molecular weight is 286 g/mol. The zero-order valence-electron chi connectivity index (χ0n) is 13.4. The summed E-state index contributed by atoms with van der Waals surface area (Å²) < 4.78 is 0. The topological polar surface area (TPSA) is 15.3 Å². The van der Waals surface area contributed by atoms with Crippen molar-refractivity contribution in [3.8, 4) is 0 Å². The highest BCUT2D eigenvalue weighted by Gasteiger charge is 2.23. The normalized spacial score (nSPS) is 28.0. The summed E-state index contributed by atoms with van der Waals surface area (Å²) in [5, 5.41) is 3.84. The molecule has 0 bridgehead atoms. The van der Waals surface area contributed by atoms with E-state index < -0.39 is 0 Å². The van der Waals surface area contributed by atoms with Gasteiger partial charge in [0, 0.05) is 12.6 Å². The van der Waals surface area contributed by atoms with Gasteiger partial charge in [0.25, 0.3) is 0 Å². The Morgan fingerprint density at radius 3 is 2.48 bits per heavy atom. The maximum Gasteiger partial charge on any atom is 0.0233 e. The van der Waals surface area contributed by atoms with Crippen LogP contribution < -0.4 is 5.32 Å². The first kappa shape index (κ1) is 15.1. The van der Waals surface area contributed by atoms with Gasteiger partial charge in [0.1, 0.15) is 0 Å². The van der Waals surface area contributed by atoms with E-state index in [0.717, 1.165) is 24.4 Å². The summed E-state index contributed by atoms with van der Waals surface area (Å²) >= 11 is 0. The summed E-state index contributed by atoms with van der Waals surface area (Å²) in [4.78, 5) is 2.60. The first-order valence-corrected chi connectivity index (χ1v) is 8.79. The van der Waals surface area contributed by atoms with E-state index in [-0.39, 0.29) is 0 Å². The number of hydrogen-bond donors (Lipinski definition) is 1. The molecular weight excluding hydrogens is 256 g/mol. The maximum atomic E-state index is 3.84. The SMILES string of the molecule is CC1CCC(CNC2CCN(Cc3ccccc3)CC2)C1. The lowest BCUT2D eigenvalue weighted by atomic mass is 10.0. The maximum absolute atomic E-state index is 3.84. The molecule has 2 atom stereocenters. The minimum atomic E-state index is 0.757. The lowest BCUT2D eigenvalue weighted by Gasteiger charge is -2.33. The molecule has 1 aromatic carbocycles. The van der Waals surface area contributed by atoms with Crippen molar-refractivity contribution in [3.05, 3.63) is 35.9 Å². The predicted octanol–water partition coefficient (Wildman–Crippen LogP) is 3.68. The van der Waals surface area contributed by atoms with E-state index in [4.69, 9.17) is 0 Å². The summed E-state index contributed by atoms with van der Waals surface area (Å²) in [5.41, 5.74) is 1.45. The lowest BCUT2D eigenvalue weighted by molar-refractivity contribution is 0.187. The number of hydrogen-bond acceptors (Lipinski definition) is 2. The minimum Gasteiger partial charge on any atom is -0.314 e. The number of benzene rings is 1. The second kappa shape index (κ2) is 7.42. The third-order valence-electron chi connectivity index (χ3n) is 5.34. The Morgan fingerprint density at radius 1 is 1.05 bits per heavy atom. The number of nitrogens with one attached hydrogen (secondary N) is 1. The Kier molecular flexibility index (Phi) is 5.32. The molecule has 1 aromatic rings. The summed E-state index contributed by atoms with van der Waals surface area (Å²) in [6.07, 6.45) is 6.97. The van der Waals surface area contributed by atoms with Gasteiger partial charge < -0.3 is 5.32 Å². The zero-order valence-corrected chi connectivity index (χ0v) is 13.4. The Morgan fingerprint density at radius 2 is 1.81 bits per heavy atom. The van der Waals surface area contributed by atoms with Gasteiger partial charge in [0.05, 0.1) is 0 Å². The van der Waals surface area contributed by atoms with Gasteiger partial charge >= 0.3 is 0 Å². The predicted molar refractivity (Wildman–Crippen MR) is 89.2 cm³/mol. The molecule has 1 saturated carbocycles. The molecule has 1 saturated heterocycles. The summed E-state index contributed by atoms with van der Waals surface area (Å²) in [6, 6.07) is 11.6. The molecule has 2 fully saturated rings. The highest BCUT2D eigenvalue weighted by Crippen LogP contribution is 2.29. The summed E-state index contributed by atoms with van der Waals surface area (Å²) in [7, 11) is 0. The van der Waals surface area contributed by atoms with Gasteiger partial charge in [-0.3, -0.25) is 4.90 Å². The number of nitrogens with zero attached hydrogens (tertiary/aromatic N) is 1. The monoisotopic (exact) mass is 286 g/mol. The van der Waals surface area contributed by atoms with Crippen molar-refractivity contribution in [2.24, 2.45) is 11.8 Å². The van der Waals surface area contributed by atoms with Crippen LogP contribution in [0.2, 0.25) is 0 Å². The fraction of sp³-hybridized carbons (Fsp3) is 0.684. The van der Waals surface area contributed by atoms with Gasteiger partial charge in [-0.25, -0.2) is 0 Å².